The van der Waals surface area contributed by atoms with Gasteiger partial charge in [-0.2, -0.15) is 0 Å². The minimum Gasteiger partial charge on any atom is -0.466 e. The van der Waals surface area contributed by atoms with Crippen LogP contribution in [0.2, 0.25) is 0 Å². The molecule has 3 rings (SSSR count). The van der Waals surface area contributed by atoms with E-state index >= 15 is 0 Å². The first-order valence-electron chi connectivity index (χ1n) is 6.49. The SMILES string of the molecule is Cc1cc(-c2csc(-c3cccc(CN)c3)n2)c(C)o1. The van der Waals surface area contributed by atoms with E-state index in [9.17, 15) is 0 Å². The van der Waals surface area contributed by atoms with Gasteiger partial charge in [-0.3, -0.25) is 0 Å². The number of benzene rings is 1. The van der Waals surface area contributed by atoms with Gasteiger partial charge in [0.25, 0.3) is 0 Å². The van der Waals surface area contributed by atoms with Crippen LogP contribution in [0.1, 0.15) is 17.1 Å². The molecule has 0 atom stereocenters. The summed E-state index contributed by atoms with van der Waals surface area (Å²) in [6.45, 7) is 4.47. The lowest BCUT2D eigenvalue weighted by Crippen LogP contribution is -1.95. The van der Waals surface area contributed by atoms with Crippen molar-refractivity contribution in [3.8, 4) is 21.8 Å². The molecule has 0 aliphatic heterocycles. The molecule has 102 valence electrons. The minimum absolute atomic E-state index is 0.548. The van der Waals surface area contributed by atoms with Gasteiger partial charge >= 0.3 is 0 Å². The Morgan fingerprint density at radius 3 is 2.80 bits per heavy atom. The normalized spacial score (nSPS) is 10.9. The molecule has 0 aliphatic rings. The number of hydrogen-bond acceptors (Lipinski definition) is 4. The molecule has 0 saturated heterocycles. The summed E-state index contributed by atoms with van der Waals surface area (Å²) < 4.78 is 5.57. The molecule has 0 aliphatic carbocycles. The lowest BCUT2D eigenvalue weighted by molar-refractivity contribution is 0.505. The lowest BCUT2D eigenvalue weighted by atomic mass is 10.1. The average Bonchev–Trinajstić information content (AvgIpc) is 3.05. The van der Waals surface area contributed by atoms with Crippen LogP contribution >= 0.6 is 11.3 Å². The summed E-state index contributed by atoms with van der Waals surface area (Å²) in [4.78, 5) is 4.72. The molecule has 2 heterocycles. The average molecular weight is 284 g/mol. The van der Waals surface area contributed by atoms with E-state index in [1.54, 1.807) is 11.3 Å². The van der Waals surface area contributed by atoms with Crippen LogP contribution in [-0.4, -0.2) is 4.98 Å². The Morgan fingerprint density at radius 1 is 1.25 bits per heavy atom. The number of rotatable bonds is 3. The number of thiazole rings is 1. The Bertz CT molecular complexity index is 743. The molecule has 0 saturated carbocycles. The van der Waals surface area contributed by atoms with Crippen LogP contribution in [0.25, 0.3) is 21.8 Å². The lowest BCUT2D eigenvalue weighted by Gasteiger charge is -1.99. The smallest absolute Gasteiger partial charge is 0.124 e. The predicted molar refractivity (Wildman–Crippen MR) is 82.6 cm³/mol. The van der Waals surface area contributed by atoms with Crippen LogP contribution in [0.4, 0.5) is 0 Å². The molecule has 0 spiro atoms. The number of furan rings is 1. The van der Waals surface area contributed by atoms with Gasteiger partial charge < -0.3 is 10.2 Å². The monoisotopic (exact) mass is 284 g/mol. The molecule has 2 aromatic heterocycles. The third kappa shape index (κ3) is 2.40. The minimum atomic E-state index is 0.548. The Kier molecular flexibility index (Phi) is 3.42. The fourth-order valence-electron chi connectivity index (χ4n) is 2.25. The van der Waals surface area contributed by atoms with Gasteiger partial charge in [-0.25, -0.2) is 4.98 Å². The van der Waals surface area contributed by atoms with E-state index in [2.05, 4.69) is 17.5 Å². The molecular weight excluding hydrogens is 268 g/mol. The summed E-state index contributed by atoms with van der Waals surface area (Å²) in [7, 11) is 0. The van der Waals surface area contributed by atoms with E-state index in [1.807, 2.05) is 32.0 Å². The zero-order valence-electron chi connectivity index (χ0n) is 11.5. The first-order chi connectivity index (χ1) is 9.67. The van der Waals surface area contributed by atoms with Gasteiger partial charge in [0.15, 0.2) is 0 Å². The van der Waals surface area contributed by atoms with Crippen molar-refractivity contribution in [1.82, 2.24) is 4.98 Å². The Morgan fingerprint density at radius 2 is 2.10 bits per heavy atom. The molecular formula is C16H16N2OS. The molecule has 3 nitrogen and oxygen atoms in total. The van der Waals surface area contributed by atoms with Crippen molar-refractivity contribution in [2.24, 2.45) is 5.73 Å². The maximum atomic E-state index is 5.69. The topological polar surface area (TPSA) is 52.0 Å². The van der Waals surface area contributed by atoms with Crippen molar-refractivity contribution >= 4 is 11.3 Å². The number of nitrogens with zero attached hydrogens (tertiary/aromatic N) is 1. The fraction of sp³-hybridized carbons (Fsp3) is 0.188. The Hall–Kier alpha value is -1.91. The molecule has 0 unspecified atom stereocenters. The van der Waals surface area contributed by atoms with E-state index < -0.39 is 0 Å². The van der Waals surface area contributed by atoms with Crippen LogP contribution in [0.5, 0.6) is 0 Å². The highest BCUT2D eigenvalue weighted by atomic mass is 32.1. The highest BCUT2D eigenvalue weighted by Gasteiger charge is 2.12. The standard InChI is InChI=1S/C16H16N2OS/c1-10-6-14(11(2)19-10)15-9-20-16(18-15)13-5-3-4-12(7-13)8-17/h3-7,9H,8,17H2,1-2H3. The van der Waals surface area contributed by atoms with Crippen molar-refractivity contribution in [2.45, 2.75) is 20.4 Å². The maximum Gasteiger partial charge on any atom is 0.124 e. The third-order valence-corrected chi connectivity index (χ3v) is 4.12. The quantitative estimate of drug-likeness (QED) is 0.786. The Balaban J connectivity index is 1.99. The second kappa shape index (κ2) is 5.23. The largest absolute Gasteiger partial charge is 0.466 e. The van der Waals surface area contributed by atoms with E-state index in [-0.39, 0.29) is 0 Å². The Labute approximate surface area is 122 Å². The summed E-state index contributed by atoms with van der Waals surface area (Å²) in [5, 5.41) is 3.08. The van der Waals surface area contributed by atoms with Crippen LogP contribution < -0.4 is 5.73 Å². The molecule has 0 radical (unpaired) electrons. The van der Waals surface area contributed by atoms with Crippen LogP contribution in [-0.2, 0) is 6.54 Å². The molecule has 20 heavy (non-hydrogen) atoms. The molecule has 0 bridgehead atoms. The van der Waals surface area contributed by atoms with Gasteiger partial charge in [-0.1, -0.05) is 18.2 Å². The number of aromatic nitrogens is 1. The van der Waals surface area contributed by atoms with Crippen molar-refractivity contribution in [1.29, 1.82) is 0 Å². The zero-order chi connectivity index (χ0) is 14.1. The molecule has 1 aromatic carbocycles. The highest BCUT2D eigenvalue weighted by molar-refractivity contribution is 7.13. The second-order valence-corrected chi connectivity index (χ2v) is 5.63. The van der Waals surface area contributed by atoms with E-state index in [4.69, 9.17) is 15.1 Å². The van der Waals surface area contributed by atoms with Gasteiger partial charge in [0.1, 0.15) is 16.5 Å². The van der Waals surface area contributed by atoms with Crippen LogP contribution in [0, 0.1) is 13.8 Å². The molecule has 3 aromatic rings. The molecule has 4 heteroatoms. The summed E-state index contributed by atoms with van der Waals surface area (Å²) in [6.07, 6.45) is 0. The summed E-state index contributed by atoms with van der Waals surface area (Å²) in [5.74, 6) is 1.83. The summed E-state index contributed by atoms with van der Waals surface area (Å²) >= 11 is 1.64. The van der Waals surface area contributed by atoms with Crippen molar-refractivity contribution < 1.29 is 4.42 Å². The summed E-state index contributed by atoms with van der Waals surface area (Å²) in [5.41, 5.74) is 9.96. The highest BCUT2D eigenvalue weighted by Crippen LogP contribution is 2.32. The number of nitrogens with two attached hydrogens (primary N) is 1. The van der Waals surface area contributed by atoms with Crippen molar-refractivity contribution in [2.75, 3.05) is 0 Å². The second-order valence-electron chi connectivity index (χ2n) is 4.77. The first-order valence-corrected chi connectivity index (χ1v) is 7.37. The molecule has 0 fully saturated rings. The van der Waals surface area contributed by atoms with Crippen LogP contribution in [0.3, 0.4) is 0 Å². The van der Waals surface area contributed by atoms with Gasteiger partial charge in [0, 0.05) is 23.1 Å². The van der Waals surface area contributed by atoms with E-state index in [1.165, 1.54) is 0 Å². The van der Waals surface area contributed by atoms with Gasteiger partial charge in [0.05, 0.1) is 5.69 Å². The summed E-state index contributed by atoms with van der Waals surface area (Å²) in [6, 6.07) is 10.2. The predicted octanol–water partition coefficient (Wildman–Crippen LogP) is 4.15. The first kappa shape index (κ1) is 13.1. The van der Waals surface area contributed by atoms with Gasteiger partial charge in [-0.15, -0.1) is 11.3 Å². The molecule has 2 N–H and O–H groups in total. The van der Waals surface area contributed by atoms with Gasteiger partial charge in [0.2, 0.25) is 0 Å². The zero-order valence-corrected chi connectivity index (χ0v) is 12.3. The van der Waals surface area contributed by atoms with Gasteiger partial charge in [-0.05, 0) is 31.5 Å². The van der Waals surface area contributed by atoms with Crippen molar-refractivity contribution in [3.63, 3.8) is 0 Å². The van der Waals surface area contributed by atoms with E-state index in [0.29, 0.717) is 6.54 Å². The number of hydrogen-bond donors (Lipinski definition) is 1. The molecule has 0 amide bonds. The third-order valence-electron chi connectivity index (χ3n) is 3.23. The maximum absolute atomic E-state index is 5.69. The number of aryl methyl sites for hydroxylation is 2. The van der Waals surface area contributed by atoms with E-state index in [0.717, 1.165) is 38.9 Å². The fourth-order valence-corrected chi connectivity index (χ4v) is 3.06. The van der Waals surface area contributed by atoms with Crippen molar-refractivity contribution in [3.05, 3.63) is 52.8 Å². The van der Waals surface area contributed by atoms with Crippen LogP contribution in [0.15, 0.2) is 40.1 Å².